The first-order chi connectivity index (χ1) is 7.77. The molecule has 0 atom stereocenters. The van der Waals surface area contributed by atoms with E-state index in [1.54, 1.807) is 0 Å². The lowest BCUT2D eigenvalue weighted by Crippen LogP contribution is -2.30. The molecule has 0 aromatic carbocycles. The van der Waals surface area contributed by atoms with Crippen molar-refractivity contribution >= 4 is 5.91 Å². The molecule has 0 spiro atoms. The molecular formula is C9H15N5O2. The summed E-state index contributed by atoms with van der Waals surface area (Å²) in [6.45, 7) is 3.56. The summed E-state index contributed by atoms with van der Waals surface area (Å²) < 4.78 is 6.80. The summed E-state index contributed by atoms with van der Waals surface area (Å²) in [7, 11) is 0. The van der Waals surface area contributed by atoms with Crippen LogP contribution in [0.5, 0.6) is 0 Å². The number of nitrogens with two attached hydrogens (primary N) is 1. The van der Waals surface area contributed by atoms with E-state index >= 15 is 0 Å². The Morgan fingerprint density at radius 1 is 1.75 bits per heavy atom. The van der Waals surface area contributed by atoms with Gasteiger partial charge in [-0.3, -0.25) is 10.2 Å². The van der Waals surface area contributed by atoms with Crippen molar-refractivity contribution in [3.8, 4) is 0 Å². The fourth-order valence-electron chi connectivity index (χ4n) is 0.991. The van der Waals surface area contributed by atoms with Crippen molar-refractivity contribution < 1.29 is 9.53 Å². The van der Waals surface area contributed by atoms with E-state index in [1.807, 2.05) is 24.5 Å². The molecule has 7 heteroatoms. The number of carbonyl (C=O) groups is 1. The van der Waals surface area contributed by atoms with Gasteiger partial charge in [0.15, 0.2) is 5.69 Å². The zero-order valence-electron chi connectivity index (χ0n) is 9.09. The largest absolute Gasteiger partial charge is 0.375 e. The van der Waals surface area contributed by atoms with E-state index in [0.717, 1.165) is 0 Å². The maximum Gasteiger partial charge on any atom is 0.287 e. The molecule has 1 rings (SSSR count). The van der Waals surface area contributed by atoms with Crippen molar-refractivity contribution in [2.45, 2.75) is 13.5 Å². The van der Waals surface area contributed by atoms with Crippen molar-refractivity contribution in [1.82, 2.24) is 20.4 Å². The zero-order chi connectivity index (χ0) is 11.8. The molecule has 88 valence electrons. The van der Waals surface area contributed by atoms with Crippen LogP contribution in [0, 0.1) is 0 Å². The van der Waals surface area contributed by atoms with Crippen molar-refractivity contribution in [2.24, 2.45) is 5.84 Å². The SMILES string of the molecule is CC=CCOCCn1cc(C(=O)NN)nn1. The number of nitrogens with zero attached hydrogens (tertiary/aromatic N) is 3. The molecule has 0 fully saturated rings. The second-order valence-corrected chi connectivity index (χ2v) is 2.98. The summed E-state index contributed by atoms with van der Waals surface area (Å²) in [6, 6.07) is 0. The van der Waals surface area contributed by atoms with Gasteiger partial charge in [-0.1, -0.05) is 17.4 Å². The summed E-state index contributed by atoms with van der Waals surface area (Å²) in [5, 5.41) is 7.41. The van der Waals surface area contributed by atoms with Crippen LogP contribution < -0.4 is 11.3 Å². The minimum absolute atomic E-state index is 0.191. The zero-order valence-corrected chi connectivity index (χ0v) is 9.09. The maximum absolute atomic E-state index is 11.0. The number of nitrogen functional groups attached to an aromatic ring is 1. The van der Waals surface area contributed by atoms with Crippen molar-refractivity contribution in [3.63, 3.8) is 0 Å². The molecule has 7 nitrogen and oxygen atoms in total. The van der Waals surface area contributed by atoms with Gasteiger partial charge < -0.3 is 4.74 Å². The highest BCUT2D eigenvalue weighted by Crippen LogP contribution is 1.92. The molecule has 0 aliphatic carbocycles. The third-order valence-corrected chi connectivity index (χ3v) is 1.82. The van der Waals surface area contributed by atoms with Crippen LogP contribution in [0.15, 0.2) is 18.3 Å². The summed E-state index contributed by atoms with van der Waals surface area (Å²) >= 11 is 0. The molecule has 0 unspecified atom stereocenters. The van der Waals surface area contributed by atoms with Crippen LogP contribution in [-0.2, 0) is 11.3 Å². The molecule has 0 aliphatic rings. The summed E-state index contributed by atoms with van der Waals surface area (Å²) in [4.78, 5) is 11.0. The Labute approximate surface area is 93.2 Å². The van der Waals surface area contributed by atoms with Crippen molar-refractivity contribution in [3.05, 3.63) is 24.0 Å². The lowest BCUT2D eigenvalue weighted by atomic mass is 10.4. The van der Waals surface area contributed by atoms with Gasteiger partial charge in [-0.25, -0.2) is 10.5 Å². The van der Waals surface area contributed by atoms with Crippen LogP contribution >= 0.6 is 0 Å². The number of aromatic nitrogens is 3. The first-order valence-corrected chi connectivity index (χ1v) is 4.88. The van der Waals surface area contributed by atoms with E-state index in [0.29, 0.717) is 19.8 Å². The molecule has 0 bridgehead atoms. The van der Waals surface area contributed by atoms with E-state index in [4.69, 9.17) is 10.6 Å². The number of rotatable bonds is 6. The summed E-state index contributed by atoms with van der Waals surface area (Å²) in [6.07, 6.45) is 5.34. The van der Waals surface area contributed by atoms with E-state index in [1.165, 1.54) is 10.9 Å². The summed E-state index contributed by atoms with van der Waals surface area (Å²) in [5.41, 5.74) is 2.17. The minimum Gasteiger partial charge on any atom is -0.375 e. The van der Waals surface area contributed by atoms with Crippen molar-refractivity contribution in [1.29, 1.82) is 0 Å². The van der Waals surface area contributed by atoms with Gasteiger partial charge in [0.05, 0.1) is 26.0 Å². The number of nitrogens with one attached hydrogen (secondary N) is 1. The van der Waals surface area contributed by atoms with E-state index in [2.05, 4.69) is 10.3 Å². The van der Waals surface area contributed by atoms with Gasteiger partial charge in [0.25, 0.3) is 5.91 Å². The van der Waals surface area contributed by atoms with E-state index in [-0.39, 0.29) is 5.69 Å². The predicted octanol–water partition coefficient (Wildman–Crippen LogP) is -0.526. The predicted molar refractivity (Wildman–Crippen MR) is 57.3 cm³/mol. The molecule has 1 amide bonds. The fraction of sp³-hybridized carbons (Fsp3) is 0.444. The Balaban J connectivity index is 2.32. The van der Waals surface area contributed by atoms with Gasteiger partial charge in [0.2, 0.25) is 0 Å². The van der Waals surface area contributed by atoms with Gasteiger partial charge in [0.1, 0.15) is 0 Å². The highest BCUT2D eigenvalue weighted by atomic mass is 16.5. The second kappa shape index (κ2) is 6.70. The molecular weight excluding hydrogens is 210 g/mol. The van der Waals surface area contributed by atoms with Crippen LogP contribution in [0.25, 0.3) is 0 Å². The van der Waals surface area contributed by atoms with Crippen LogP contribution in [0.4, 0.5) is 0 Å². The van der Waals surface area contributed by atoms with Gasteiger partial charge in [-0.2, -0.15) is 0 Å². The topological polar surface area (TPSA) is 95.1 Å². The fourth-order valence-corrected chi connectivity index (χ4v) is 0.991. The Hall–Kier alpha value is -1.73. The Bertz CT molecular complexity index is 361. The van der Waals surface area contributed by atoms with Crippen LogP contribution in [-0.4, -0.2) is 34.1 Å². The number of ether oxygens (including phenoxy) is 1. The number of carbonyl (C=O) groups excluding carboxylic acids is 1. The molecule has 1 aromatic rings. The molecule has 16 heavy (non-hydrogen) atoms. The van der Waals surface area contributed by atoms with Gasteiger partial charge in [-0.15, -0.1) is 5.10 Å². The molecule has 0 saturated heterocycles. The molecule has 3 N–H and O–H groups in total. The first-order valence-electron chi connectivity index (χ1n) is 4.88. The average Bonchev–Trinajstić information content (AvgIpc) is 2.76. The minimum atomic E-state index is -0.457. The number of hydrazine groups is 1. The summed E-state index contributed by atoms with van der Waals surface area (Å²) in [5.74, 6) is 4.50. The van der Waals surface area contributed by atoms with Gasteiger partial charge in [0, 0.05) is 0 Å². The third kappa shape index (κ3) is 3.79. The lowest BCUT2D eigenvalue weighted by Gasteiger charge is -2.00. The number of allylic oxidation sites excluding steroid dienone is 1. The second-order valence-electron chi connectivity index (χ2n) is 2.98. The van der Waals surface area contributed by atoms with Gasteiger partial charge in [-0.05, 0) is 6.92 Å². The molecule has 0 radical (unpaired) electrons. The first kappa shape index (κ1) is 12.3. The molecule has 0 aliphatic heterocycles. The standard InChI is InChI=1S/C9H15N5O2/c1-2-3-5-16-6-4-14-7-8(12-13-14)9(15)11-10/h2-3,7H,4-6,10H2,1H3,(H,11,15). The maximum atomic E-state index is 11.0. The monoisotopic (exact) mass is 225 g/mol. The third-order valence-electron chi connectivity index (χ3n) is 1.82. The van der Waals surface area contributed by atoms with E-state index in [9.17, 15) is 4.79 Å². The molecule has 1 aromatic heterocycles. The Morgan fingerprint density at radius 2 is 2.56 bits per heavy atom. The molecule has 1 heterocycles. The van der Waals surface area contributed by atoms with Crippen LogP contribution in [0.1, 0.15) is 17.4 Å². The number of amides is 1. The quantitative estimate of drug-likeness (QED) is 0.223. The van der Waals surface area contributed by atoms with Crippen LogP contribution in [0.2, 0.25) is 0 Å². The number of hydrogen-bond acceptors (Lipinski definition) is 5. The molecule has 0 saturated carbocycles. The van der Waals surface area contributed by atoms with E-state index < -0.39 is 5.91 Å². The highest BCUT2D eigenvalue weighted by molar-refractivity contribution is 5.91. The average molecular weight is 225 g/mol. The highest BCUT2D eigenvalue weighted by Gasteiger charge is 2.07. The Kier molecular flexibility index (Phi) is 5.17. The number of hydrogen-bond donors (Lipinski definition) is 2. The lowest BCUT2D eigenvalue weighted by molar-refractivity contribution is 0.0948. The normalized spacial score (nSPS) is 10.9. The smallest absolute Gasteiger partial charge is 0.287 e. The Morgan fingerprint density at radius 3 is 3.25 bits per heavy atom. The van der Waals surface area contributed by atoms with Crippen LogP contribution in [0.3, 0.4) is 0 Å². The van der Waals surface area contributed by atoms with Crippen molar-refractivity contribution in [2.75, 3.05) is 13.2 Å². The van der Waals surface area contributed by atoms with Gasteiger partial charge >= 0.3 is 0 Å².